The molecule has 0 amide bonds. The lowest BCUT2D eigenvalue weighted by Gasteiger charge is -2.21. The molecule has 0 fully saturated rings. The number of rotatable bonds is 4. The molecule has 10 aromatic rings. The minimum atomic E-state index is -0.0663. The first-order chi connectivity index (χ1) is 26.0. The molecule has 5 nitrogen and oxygen atoms in total. The van der Waals surface area contributed by atoms with E-state index < -0.39 is 0 Å². The van der Waals surface area contributed by atoms with Crippen molar-refractivity contribution in [1.29, 1.82) is 0 Å². The summed E-state index contributed by atoms with van der Waals surface area (Å²) in [6, 6.07) is 55.2. The van der Waals surface area contributed by atoms with Crippen molar-refractivity contribution >= 4 is 43.7 Å². The smallest absolute Gasteiger partial charge is 0.164 e. The Morgan fingerprint density at radius 3 is 1.92 bits per heavy atom. The van der Waals surface area contributed by atoms with Gasteiger partial charge < -0.3 is 8.98 Å². The second-order valence-corrected chi connectivity index (χ2v) is 14.4. The summed E-state index contributed by atoms with van der Waals surface area (Å²) in [5, 5.41) is 4.59. The van der Waals surface area contributed by atoms with Crippen molar-refractivity contribution in [1.82, 2.24) is 19.5 Å². The van der Waals surface area contributed by atoms with Gasteiger partial charge in [0, 0.05) is 49.3 Å². The SMILES string of the molecule is CC1(C)c2ccccc2-c2c1ccc1c2c2ccccc2n1-c1ccc(-c2nc(-c3ccccc3)nc(-c3cccc4oc5ccccc5c34)n2)cc1. The van der Waals surface area contributed by atoms with E-state index in [1.807, 2.05) is 60.7 Å². The van der Waals surface area contributed by atoms with Gasteiger partial charge in [-0.05, 0) is 70.8 Å². The molecule has 3 aromatic heterocycles. The Bertz CT molecular complexity index is 3080. The Kier molecular flexibility index (Phi) is 6.23. The molecule has 0 N–H and O–H groups in total. The van der Waals surface area contributed by atoms with Crippen molar-refractivity contribution in [3.05, 3.63) is 169 Å². The zero-order valence-corrected chi connectivity index (χ0v) is 29.2. The highest BCUT2D eigenvalue weighted by molar-refractivity contribution is 6.18. The number of hydrogen-bond acceptors (Lipinski definition) is 4. The topological polar surface area (TPSA) is 56.7 Å². The third kappa shape index (κ3) is 4.34. The Balaban J connectivity index is 1.09. The molecule has 53 heavy (non-hydrogen) atoms. The van der Waals surface area contributed by atoms with Gasteiger partial charge in [0.15, 0.2) is 17.5 Å². The van der Waals surface area contributed by atoms with Crippen molar-refractivity contribution in [2.75, 3.05) is 0 Å². The number of nitrogens with zero attached hydrogens (tertiary/aromatic N) is 4. The number of hydrogen-bond donors (Lipinski definition) is 0. The largest absolute Gasteiger partial charge is 0.456 e. The summed E-state index contributed by atoms with van der Waals surface area (Å²) in [7, 11) is 0. The van der Waals surface area contributed by atoms with E-state index in [1.54, 1.807) is 0 Å². The zero-order chi connectivity index (χ0) is 35.3. The molecule has 1 aliphatic carbocycles. The highest BCUT2D eigenvalue weighted by Gasteiger charge is 2.37. The summed E-state index contributed by atoms with van der Waals surface area (Å²) in [5.41, 5.74) is 13.2. The fourth-order valence-electron chi connectivity index (χ4n) is 8.59. The van der Waals surface area contributed by atoms with Crippen LogP contribution >= 0.6 is 0 Å². The predicted octanol–water partition coefficient (Wildman–Crippen LogP) is 12.2. The number of para-hydroxylation sites is 2. The van der Waals surface area contributed by atoms with Crippen LogP contribution in [0.5, 0.6) is 0 Å². The fourth-order valence-corrected chi connectivity index (χ4v) is 8.59. The van der Waals surface area contributed by atoms with Gasteiger partial charge in [0.1, 0.15) is 11.2 Å². The third-order valence-electron chi connectivity index (χ3n) is 11.1. The lowest BCUT2D eigenvalue weighted by Crippen LogP contribution is -2.14. The van der Waals surface area contributed by atoms with E-state index in [-0.39, 0.29) is 5.41 Å². The summed E-state index contributed by atoms with van der Waals surface area (Å²) in [4.78, 5) is 15.2. The molecule has 0 radical (unpaired) electrons. The molecule has 0 aliphatic heterocycles. The van der Waals surface area contributed by atoms with Crippen LogP contribution in [-0.2, 0) is 5.41 Å². The molecule has 0 saturated heterocycles. The molecular formula is C48H32N4O. The second-order valence-electron chi connectivity index (χ2n) is 14.4. The van der Waals surface area contributed by atoms with Crippen LogP contribution in [-0.4, -0.2) is 19.5 Å². The highest BCUT2D eigenvalue weighted by Crippen LogP contribution is 2.53. The number of furan rings is 1. The quantitative estimate of drug-likeness (QED) is 0.186. The first-order valence-electron chi connectivity index (χ1n) is 18.0. The molecule has 7 aromatic carbocycles. The van der Waals surface area contributed by atoms with Crippen molar-refractivity contribution in [2.45, 2.75) is 19.3 Å². The van der Waals surface area contributed by atoms with Gasteiger partial charge in [0.2, 0.25) is 0 Å². The van der Waals surface area contributed by atoms with Crippen molar-refractivity contribution in [2.24, 2.45) is 0 Å². The molecule has 0 unspecified atom stereocenters. The van der Waals surface area contributed by atoms with Gasteiger partial charge >= 0.3 is 0 Å². The van der Waals surface area contributed by atoms with Crippen LogP contribution in [0.25, 0.3) is 94.7 Å². The molecule has 250 valence electrons. The van der Waals surface area contributed by atoms with E-state index >= 15 is 0 Å². The fraction of sp³-hybridized carbons (Fsp3) is 0.0625. The van der Waals surface area contributed by atoms with Crippen molar-refractivity contribution in [3.8, 4) is 51.0 Å². The van der Waals surface area contributed by atoms with Crippen LogP contribution in [0.1, 0.15) is 25.0 Å². The molecule has 3 heterocycles. The van der Waals surface area contributed by atoms with Gasteiger partial charge in [-0.15, -0.1) is 0 Å². The second kappa shape index (κ2) is 11.1. The molecule has 0 bridgehead atoms. The Morgan fingerprint density at radius 1 is 0.453 bits per heavy atom. The van der Waals surface area contributed by atoms with Crippen LogP contribution in [0, 0.1) is 0 Å². The van der Waals surface area contributed by atoms with E-state index in [0.29, 0.717) is 17.5 Å². The molecule has 0 saturated carbocycles. The van der Waals surface area contributed by atoms with Gasteiger partial charge in [-0.2, -0.15) is 0 Å². The Labute approximate surface area is 305 Å². The number of fused-ring (bicyclic) bond motifs is 10. The van der Waals surface area contributed by atoms with E-state index in [2.05, 4.69) is 115 Å². The molecule has 1 aliphatic rings. The van der Waals surface area contributed by atoms with Crippen LogP contribution in [0.3, 0.4) is 0 Å². The lowest BCUT2D eigenvalue weighted by atomic mass is 9.82. The van der Waals surface area contributed by atoms with Gasteiger partial charge in [-0.3, -0.25) is 0 Å². The predicted molar refractivity (Wildman–Crippen MR) is 215 cm³/mol. The van der Waals surface area contributed by atoms with Crippen LogP contribution in [0.15, 0.2) is 162 Å². The first-order valence-corrected chi connectivity index (χ1v) is 18.0. The highest BCUT2D eigenvalue weighted by atomic mass is 16.3. The maximum atomic E-state index is 6.23. The normalized spacial score (nSPS) is 13.2. The summed E-state index contributed by atoms with van der Waals surface area (Å²) in [6.45, 7) is 4.68. The van der Waals surface area contributed by atoms with E-state index in [4.69, 9.17) is 19.4 Å². The van der Waals surface area contributed by atoms with Crippen molar-refractivity contribution in [3.63, 3.8) is 0 Å². The maximum absolute atomic E-state index is 6.23. The van der Waals surface area contributed by atoms with Crippen LogP contribution < -0.4 is 0 Å². The van der Waals surface area contributed by atoms with Crippen molar-refractivity contribution < 1.29 is 4.42 Å². The van der Waals surface area contributed by atoms with Gasteiger partial charge in [0.25, 0.3) is 0 Å². The van der Waals surface area contributed by atoms with Crippen LogP contribution in [0.4, 0.5) is 0 Å². The molecule has 0 spiro atoms. The summed E-state index contributed by atoms with van der Waals surface area (Å²) < 4.78 is 8.62. The third-order valence-corrected chi connectivity index (χ3v) is 11.1. The average molecular weight is 681 g/mol. The lowest BCUT2D eigenvalue weighted by molar-refractivity contribution is 0.661. The summed E-state index contributed by atoms with van der Waals surface area (Å²) in [6.07, 6.45) is 0. The maximum Gasteiger partial charge on any atom is 0.164 e. The van der Waals surface area contributed by atoms with Gasteiger partial charge in [-0.25, -0.2) is 15.0 Å². The number of benzene rings is 7. The summed E-state index contributed by atoms with van der Waals surface area (Å²) in [5.74, 6) is 1.84. The zero-order valence-electron chi connectivity index (χ0n) is 29.2. The molecule has 5 heteroatoms. The Hall–Kier alpha value is -6.85. The van der Waals surface area contributed by atoms with Gasteiger partial charge in [0.05, 0.1) is 11.0 Å². The molecule has 11 rings (SSSR count). The van der Waals surface area contributed by atoms with E-state index in [9.17, 15) is 0 Å². The van der Waals surface area contributed by atoms with Gasteiger partial charge in [-0.1, -0.05) is 123 Å². The van der Waals surface area contributed by atoms with E-state index in [0.717, 1.165) is 44.3 Å². The standard InChI is InChI=1S/C48H32N4O/c1-48(2)36-19-9-6-15-32(36)43-37(48)27-28-39-44(43)33-16-7-10-20-38(33)52(39)31-25-23-30(24-26-31)46-49-45(29-13-4-3-5-14-29)50-47(51-46)35-18-12-22-41-42(35)34-17-8-11-21-40(34)53-41/h3-28H,1-2H3. The number of aromatic nitrogens is 4. The van der Waals surface area contributed by atoms with Crippen LogP contribution in [0.2, 0.25) is 0 Å². The Morgan fingerprint density at radius 2 is 1.09 bits per heavy atom. The summed E-state index contributed by atoms with van der Waals surface area (Å²) >= 11 is 0. The monoisotopic (exact) mass is 680 g/mol. The van der Waals surface area contributed by atoms with E-state index in [1.165, 1.54) is 44.1 Å². The first kappa shape index (κ1) is 29.8. The minimum absolute atomic E-state index is 0.0663. The molecular weight excluding hydrogens is 649 g/mol. The molecule has 0 atom stereocenters. The average Bonchev–Trinajstić information content (AvgIpc) is 3.84. The minimum Gasteiger partial charge on any atom is -0.456 e.